The minimum Gasteiger partial charge on any atom is -0.480 e. The number of aliphatic carboxylic acids is 1. The van der Waals surface area contributed by atoms with Crippen molar-refractivity contribution in [2.75, 3.05) is 6.54 Å². The van der Waals surface area contributed by atoms with Crippen LogP contribution in [-0.2, 0) is 4.79 Å². The van der Waals surface area contributed by atoms with Crippen molar-refractivity contribution in [3.63, 3.8) is 0 Å². The fourth-order valence-corrected chi connectivity index (χ4v) is 1.30. The van der Waals surface area contributed by atoms with Crippen LogP contribution in [-0.4, -0.2) is 34.6 Å². The average Bonchev–Trinajstić information content (AvgIpc) is 2.63. The Bertz CT molecular complexity index is 150. The molecule has 0 spiro atoms. The second-order valence-corrected chi connectivity index (χ2v) is 3.39. The predicted octanol–water partition coefficient (Wildman–Crippen LogP) is 0.944. The van der Waals surface area contributed by atoms with Gasteiger partial charge in [-0.3, -0.25) is 9.69 Å². The fraction of sp³-hybridized carbons (Fsp3) is 0.875. The number of carboxylic acids is 1. The summed E-state index contributed by atoms with van der Waals surface area (Å²) >= 11 is 0. The summed E-state index contributed by atoms with van der Waals surface area (Å²) in [6.07, 6.45) is 2.34. The third kappa shape index (κ3) is 2.50. The van der Waals surface area contributed by atoms with Gasteiger partial charge in [-0.15, -0.1) is 0 Å². The molecule has 0 aliphatic heterocycles. The van der Waals surface area contributed by atoms with Gasteiger partial charge in [-0.05, 0) is 26.7 Å². The molecule has 0 aromatic heterocycles. The fourth-order valence-electron chi connectivity index (χ4n) is 1.30. The molecule has 0 aromatic rings. The van der Waals surface area contributed by atoms with Crippen molar-refractivity contribution in [3.05, 3.63) is 0 Å². The van der Waals surface area contributed by atoms with Crippen molar-refractivity contribution in [1.29, 1.82) is 0 Å². The Morgan fingerprint density at radius 3 is 2.45 bits per heavy atom. The molecular formula is C8H15NO2. The molecule has 0 saturated heterocycles. The van der Waals surface area contributed by atoms with Crippen molar-refractivity contribution in [3.8, 4) is 0 Å². The first-order chi connectivity index (χ1) is 5.11. The standard InChI is InChI=1S/C8H15NO2/c1-6(2)9(5-8(10)11)7-3-4-7/h6-7H,3-5H2,1-2H3,(H,10,11). The molecule has 0 amide bonds. The van der Waals surface area contributed by atoms with E-state index in [1.165, 1.54) is 12.8 Å². The number of carboxylic acid groups (broad SMARTS) is 1. The summed E-state index contributed by atoms with van der Waals surface area (Å²) in [7, 11) is 0. The van der Waals surface area contributed by atoms with Crippen LogP contribution in [0.4, 0.5) is 0 Å². The van der Waals surface area contributed by atoms with Crippen molar-refractivity contribution < 1.29 is 9.90 Å². The second kappa shape index (κ2) is 3.22. The van der Waals surface area contributed by atoms with Crippen molar-refractivity contribution >= 4 is 5.97 Å². The average molecular weight is 157 g/mol. The zero-order chi connectivity index (χ0) is 8.43. The lowest BCUT2D eigenvalue weighted by atomic mass is 10.3. The van der Waals surface area contributed by atoms with Crippen LogP contribution in [0.25, 0.3) is 0 Å². The molecule has 3 nitrogen and oxygen atoms in total. The normalized spacial score (nSPS) is 17.8. The Morgan fingerprint density at radius 1 is 1.64 bits per heavy atom. The number of carbonyl (C=O) groups is 1. The summed E-state index contributed by atoms with van der Waals surface area (Å²) in [5.41, 5.74) is 0. The summed E-state index contributed by atoms with van der Waals surface area (Å²) in [4.78, 5) is 12.4. The molecule has 1 saturated carbocycles. The summed E-state index contributed by atoms with van der Waals surface area (Å²) in [5, 5.41) is 8.57. The number of nitrogens with zero attached hydrogens (tertiary/aromatic N) is 1. The van der Waals surface area contributed by atoms with E-state index in [4.69, 9.17) is 5.11 Å². The maximum atomic E-state index is 10.4. The minimum absolute atomic E-state index is 0.197. The van der Waals surface area contributed by atoms with Gasteiger partial charge in [0.1, 0.15) is 0 Å². The molecule has 0 heterocycles. The highest BCUT2D eigenvalue weighted by molar-refractivity contribution is 5.69. The Hall–Kier alpha value is -0.570. The molecular weight excluding hydrogens is 142 g/mol. The lowest BCUT2D eigenvalue weighted by Crippen LogP contribution is -2.37. The third-order valence-corrected chi connectivity index (χ3v) is 2.00. The van der Waals surface area contributed by atoms with Gasteiger partial charge in [0.2, 0.25) is 0 Å². The monoisotopic (exact) mass is 157 g/mol. The van der Waals surface area contributed by atoms with Gasteiger partial charge in [0.25, 0.3) is 0 Å². The first kappa shape index (κ1) is 8.53. The molecule has 1 fully saturated rings. The van der Waals surface area contributed by atoms with Gasteiger partial charge >= 0.3 is 5.97 Å². The van der Waals surface area contributed by atoms with Crippen LogP contribution in [0.5, 0.6) is 0 Å². The molecule has 0 atom stereocenters. The van der Waals surface area contributed by atoms with Crippen molar-refractivity contribution in [2.45, 2.75) is 38.8 Å². The SMILES string of the molecule is CC(C)N(CC(=O)O)C1CC1. The van der Waals surface area contributed by atoms with Crippen LogP contribution in [0.3, 0.4) is 0 Å². The van der Waals surface area contributed by atoms with Crippen LogP contribution < -0.4 is 0 Å². The minimum atomic E-state index is -0.717. The molecule has 0 aromatic carbocycles. The van der Waals surface area contributed by atoms with Crippen molar-refractivity contribution in [1.82, 2.24) is 4.90 Å². The molecule has 1 aliphatic carbocycles. The molecule has 0 bridgehead atoms. The molecule has 11 heavy (non-hydrogen) atoms. The highest BCUT2D eigenvalue weighted by Crippen LogP contribution is 2.27. The quantitative estimate of drug-likeness (QED) is 0.660. The second-order valence-electron chi connectivity index (χ2n) is 3.39. The Balaban J connectivity index is 2.38. The van der Waals surface area contributed by atoms with E-state index in [0.717, 1.165) is 0 Å². The van der Waals surface area contributed by atoms with E-state index in [-0.39, 0.29) is 6.54 Å². The van der Waals surface area contributed by atoms with Gasteiger partial charge in [-0.25, -0.2) is 0 Å². The highest BCUT2D eigenvalue weighted by atomic mass is 16.4. The number of hydrogen-bond acceptors (Lipinski definition) is 2. The van der Waals surface area contributed by atoms with Crippen molar-refractivity contribution in [2.24, 2.45) is 0 Å². The van der Waals surface area contributed by atoms with E-state index < -0.39 is 5.97 Å². The molecule has 3 heteroatoms. The first-order valence-electron chi connectivity index (χ1n) is 4.09. The van der Waals surface area contributed by atoms with Crippen LogP contribution in [0, 0.1) is 0 Å². The molecule has 1 rings (SSSR count). The lowest BCUT2D eigenvalue weighted by molar-refractivity contribution is -0.139. The first-order valence-corrected chi connectivity index (χ1v) is 4.09. The van der Waals surface area contributed by atoms with Gasteiger partial charge in [0.15, 0.2) is 0 Å². The summed E-state index contributed by atoms with van der Waals surface area (Å²) in [6.45, 7) is 4.28. The van der Waals surface area contributed by atoms with Gasteiger partial charge in [-0.2, -0.15) is 0 Å². The van der Waals surface area contributed by atoms with Gasteiger partial charge in [0, 0.05) is 12.1 Å². The summed E-state index contributed by atoms with van der Waals surface area (Å²) in [5.74, 6) is -0.717. The predicted molar refractivity (Wildman–Crippen MR) is 42.5 cm³/mol. The van der Waals surface area contributed by atoms with E-state index in [2.05, 4.69) is 0 Å². The third-order valence-electron chi connectivity index (χ3n) is 2.00. The van der Waals surface area contributed by atoms with E-state index in [9.17, 15) is 4.79 Å². The van der Waals surface area contributed by atoms with Gasteiger partial charge < -0.3 is 5.11 Å². The van der Waals surface area contributed by atoms with E-state index >= 15 is 0 Å². The topological polar surface area (TPSA) is 40.5 Å². The largest absolute Gasteiger partial charge is 0.480 e. The zero-order valence-corrected chi connectivity index (χ0v) is 7.08. The van der Waals surface area contributed by atoms with Gasteiger partial charge in [-0.1, -0.05) is 0 Å². The smallest absolute Gasteiger partial charge is 0.317 e. The van der Waals surface area contributed by atoms with Gasteiger partial charge in [0.05, 0.1) is 6.54 Å². The molecule has 0 radical (unpaired) electrons. The maximum Gasteiger partial charge on any atom is 0.317 e. The highest BCUT2D eigenvalue weighted by Gasteiger charge is 2.31. The van der Waals surface area contributed by atoms with Crippen LogP contribution in [0.15, 0.2) is 0 Å². The zero-order valence-electron chi connectivity index (χ0n) is 7.08. The van der Waals surface area contributed by atoms with Crippen LogP contribution in [0.2, 0.25) is 0 Å². The van der Waals surface area contributed by atoms with E-state index in [0.29, 0.717) is 12.1 Å². The summed E-state index contributed by atoms with van der Waals surface area (Å²) in [6, 6.07) is 0.907. The summed E-state index contributed by atoms with van der Waals surface area (Å²) < 4.78 is 0. The van der Waals surface area contributed by atoms with E-state index in [1.807, 2.05) is 18.7 Å². The molecule has 1 aliphatic rings. The van der Waals surface area contributed by atoms with E-state index in [1.54, 1.807) is 0 Å². The number of rotatable bonds is 4. The Morgan fingerprint density at radius 2 is 2.18 bits per heavy atom. The van der Waals surface area contributed by atoms with Crippen LogP contribution in [0.1, 0.15) is 26.7 Å². The Labute approximate surface area is 67.0 Å². The maximum absolute atomic E-state index is 10.4. The molecule has 1 N–H and O–H groups in total. The molecule has 64 valence electrons. The Kier molecular flexibility index (Phi) is 2.49. The molecule has 0 unspecified atom stereocenters. The van der Waals surface area contributed by atoms with Crippen LogP contribution >= 0.6 is 0 Å². The lowest BCUT2D eigenvalue weighted by Gasteiger charge is -2.23. The number of hydrogen-bond donors (Lipinski definition) is 1.